The summed E-state index contributed by atoms with van der Waals surface area (Å²) in [7, 11) is 0. The quantitative estimate of drug-likeness (QED) is 0.186. The monoisotopic (exact) mass is 478 g/mol. The van der Waals surface area contributed by atoms with Gasteiger partial charge in [-0.2, -0.15) is 0 Å². The Morgan fingerprint density at radius 2 is 1.41 bits per heavy atom. The number of aliphatic hydroxyl groups excluding tert-OH is 5. The summed E-state index contributed by atoms with van der Waals surface area (Å²) in [5.41, 5.74) is 0. The van der Waals surface area contributed by atoms with Crippen LogP contribution in [0.1, 0.15) is 0 Å². The van der Waals surface area contributed by atoms with Gasteiger partial charge in [-0.25, -0.2) is 0 Å². The first-order chi connectivity index (χ1) is 12.2. The highest BCUT2D eigenvalue weighted by molar-refractivity contribution is 6.42. The highest BCUT2D eigenvalue weighted by atomic mass is 35.5. The maximum atomic E-state index is 10.5. The SMILES string of the molecule is OCC1OC(CO)(OC2(Cl)OC(CO)C(O)(Cl)C(O)(Cl)C2(O)Cl)C(O)C1O. The third-order valence-corrected chi connectivity index (χ3v) is 6.73. The van der Waals surface area contributed by atoms with Gasteiger partial charge in [0.15, 0.2) is 0 Å². The predicted molar refractivity (Wildman–Crippen MR) is 87.8 cm³/mol. The van der Waals surface area contributed by atoms with Gasteiger partial charge < -0.3 is 50.3 Å². The topological polar surface area (TPSA) is 190 Å². The summed E-state index contributed by atoms with van der Waals surface area (Å²) in [6.45, 7) is -3.15. The van der Waals surface area contributed by atoms with Crippen molar-refractivity contribution in [1.82, 2.24) is 0 Å². The van der Waals surface area contributed by atoms with Crippen molar-refractivity contribution in [1.29, 1.82) is 0 Å². The minimum atomic E-state index is -3.49. The molecule has 0 aliphatic carbocycles. The third-order valence-electron chi connectivity index (χ3n) is 4.40. The molecule has 2 aliphatic heterocycles. The fraction of sp³-hybridized carbons (Fsp3) is 1.00. The van der Waals surface area contributed by atoms with E-state index in [0.29, 0.717) is 0 Å². The minimum Gasteiger partial charge on any atom is -0.394 e. The molecule has 0 aromatic heterocycles. The van der Waals surface area contributed by atoms with Crippen LogP contribution in [0, 0.1) is 0 Å². The van der Waals surface area contributed by atoms with E-state index >= 15 is 0 Å². The van der Waals surface area contributed by atoms with Crippen LogP contribution in [0.2, 0.25) is 0 Å². The van der Waals surface area contributed by atoms with Crippen molar-refractivity contribution in [2.75, 3.05) is 19.8 Å². The Kier molecular flexibility index (Phi) is 6.62. The molecule has 27 heavy (non-hydrogen) atoms. The van der Waals surface area contributed by atoms with Crippen LogP contribution in [0.15, 0.2) is 0 Å². The molecular weight excluding hydrogens is 462 g/mol. The molecule has 0 bridgehead atoms. The van der Waals surface area contributed by atoms with Gasteiger partial charge in [-0.15, -0.1) is 0 Å². The van der Waals surface area contributed by atoms with E-state index in [2.05, 4.69) is 0 Å². The van der Waals surface area contributed by atoms with Crippen LogP contribution in [0.25, 0.3) is 0 Å². The highest BCUT2D eigenvalue weighted by Gasteiger charge is 2.79. The number of alkyl halides is 4. The fourth-order valence-electron chi connectivity index (χ4n) is 2.71. The van der Waals surface area contributed by atoms with Gasteiger partial charge in [-0.3, -0.25) is 4.74 Å². The van der Waals surface area contributed by atoms with Crippen molar-refractivity contribution in [3.63, 3.8) is 0 Å². The molecule has 9 atom stereocenters. The Labute approximate surface area is 172 Å². The average Bonchev–Trinajstić information content (AvgIpc) is 2.83. The second-order valence-corrected chi connectivity index (χ2v) is 8.26. The van der Waals surface area contributed by atoms with Crippen LogP contribution in [-0.4, -0.2) is 111 Å². The number of hydrogen-bond donors (Lipinski definition) is 8. The highest BCUT2D eigenvalue weighted by Crippen LogP contribution is 2.58. The molecule has 2 aliphatic rings. The van der Waals surface area contributed by atoms with E-state index in [1.165, 1.54) is 0 Å². The lowest BCUT2D eigenvalue weighted by Gasteiger charge is -2.56. The Morgan fingerprint density at radius 3 is 1.81 bits per heavy atom. The number of hydrogen-bond acceptors (Lipinski definition) is 11. The van der Waals surface area contributed by atoms with Crippen LogP contribution in [0.3, 0.4) is 0 Å². The van der Waals surface area contributed by atoms with Gasteiger partial charge in [-0.05, 0) is 0 Å². The van der Waals surface area contributed by atoms with Crippen LogP contribution >= 0.6 is 46.4 Å². The molecule has 2 saturated heterocycles. The summed E-state index contributed by atoms with van der Waals surface area (Å²) in [6, 6.07) is 0. The second-order valence-electron chi connectivity index (χ2n) is 6.09. The molecular formula is C12H18Cl4O11. The van der Waals surface area contributed by atoms with E-state index < -0.39 is 70.5 Å². The summed E-state index contributed by atoms with van der Waals surface area (Å²) in [6.07, 6.45) is -7.29. The molecule has 0 aromatic rings. The van der Waals surface area contributed by atoms with Gasteiger partial charge in [0.05, 0.1) is 13.2 Å². The Morgan fingerprint density at radius 1 is 0.852 bits per heavy atom. The maximum absolute atomic E-state index is 10.5. The fourth-order valence-corrected chi connectivity index (χ4v) is 3.90. The first-order valence-corrected chi connectivity index (χ1v) is 8.86. The van der Waals surface area contributed by atoms with Crippen molar-refractivity contribution in [2.24, 2.45) is 0 Å². The second kappa shape index (κ2) is 7.45. The van der Waals surface area contributed by atoms with E-state index in [9.17, 15) is 35.7 Å². The first kappa shape index (κ1) is 24.0. The van der Waals surface area contributed by atoms with E-state index in [1.54, 1.807) is 0 Å². The molecule has 2 fully saturated rings. The number of aliphatic hydroxyl groups is 8. The standard InChI is InChI=1S/C12H18Cl4O11/c13-9(22)5(2-18)26-12(16,11(15,24)10(9,14)23)27-8(3-19)7(21)6(20)4(1-17)25-8/h4-7,17-24H,1-3H2. The molecule has 9 unspecified atom stereocenters. The van der Waals surface area contributed by atoms with Crippen molar-refractivity contribution >= 4 is 46.4 Å². The molecule has 11 nitrogen and oxygen atoms in total. The summed E-state index contributed by atoms with van der Waals surface area (Å²) in [5, 5.41) is 65.8. The minimum absolute atomic E-state index is 0.815. The molecule has 2 rings (SSSR count). The summed E-state index contributed by atoms with van der Waals surface area (Å²) >= 11 is 23.1. The van der Waals surface area contributed by atoms with Gasteiger partial charge in [0.1, 0.15) is 31.0 Å². The Hall–Kier alpha value is 0.720. The lowest BCUT2D eigenvalue weighted by molar-refractivity contribution is -0.421. The zero-order chi connectivity index (χ0) is 21.1. The third kappa shape index (κ3) is 3.26. The maximum Gasteiger partial charge on any atom is 0.301 e. The molecule has 15 heteroatoms. The van der Waals surface area contributed by atoms with Crippen molar-refractivity contribution in [3.8, 4) is 0 Å². The van der Waals surface area contributed by atoms with Crippen LogP contribution in [0.4, 0.5) is 0 Å². The van der Waals surface area contributed by atoms with Crippen LogP contribution in [0.5, 0.6) is 0 Å². The molecule has 8 N–H and O–H groups in total. The number of ether oxygens (including phenoxy) is 3. The van der Waals surface area contributed by atoms with Gasteiger partial charge in [0.25, 0.3) is 5.06 Å². The summed E-state index contributed by atoms with van der Waals surface area (Å²) in [5.74, 6) is -2.63. The lowest BCUT2D eigenvalue weighted by atomic mass is 9.96. The van der Waals surface area contributed by atoms with E-state index in [1.807, 2.05) is 0 Å². The zero-order valence-corrected chi connectivity index (χ0v) is 16.3. The molecule has 0 amide bonds. The number of rotatable bonds is 5. The largest absolute Gasteiger partial charge is 0.394 e. The van der Waals surface area contributed by atoms with Gasteiger partial charge in [0.2, 0.25) is 15.9 Å². The predicted octanol–water partition coefficient (Wildman–Crippen LogP) is -3.13. The van der Waals surface area contributed by atoms with Gasteiger partial charge in [-0.1, -0.05) is 46.4 Å². The van der Waals surface area contributed by atoms with E-state index in [4.69, 9.17) is 65.7 Å². The Balaban J connectivity index is 2.49. The molecule has 160 valence electrons. The molecule has 0 spiro atoms. The molecule has 0 aromatic carbocycles. The average molecular weight is 480 g/mol. The van der Waals surface area contributed by atoms with Crippen molar-refractivity contribution < 1.29 is 55.1 Å². The zero-order valence-electron chi connectivity index (χ0n) is 13.2. The van der Waals surface area contributed by atoms with Crippen LogP contribution < -0.4 is 0 Å². The number of halogens is 4. The first-order valence-electron chi connectivity index (χ1n) is 7.34. The van der Waals surface area contributed by atoms with Crippen molar-refractivity contribution in [3.05, 3.63) is 0 Å². The molecule has 0 radical (unpaired) electrons. The smallest absolute Gasteiger partial charge is 0.301 e. The summed E-state index contributed by atoms with van der Waals surface area (Å²) in [4.78, 5) is 0. The lowest BCUT2D eigenvalue weighted by Crippen LogP contribution is -2.79. The normalized spacial score (nSPS) is 56.4. The summed E-state index contributed by atoms with van der Waals surface area (Å²) < 4.78 is 15.2. The van der Waals surface area contributed by atoms with Gasteiger partial charge in [0, 0.05) is 0 Å². The van der Waals surface area contributed by atoms with E-state index in [0.717, 1.165) is 0 Å². The van der Waals surface area contributed by atoms with Gasteiger partial charge >= 0.3 is 5.25 Å². The molecule has 2 heterocycles. The van der Waals surface area contributed by atoms with Crippen LogP contribution in [-0.2, 0) is 14.2 Å². The Bertz CT molecular complexity index is 563. The molecule has 0 saturated carbocycles. The van der Waals surface area contributed by atoms with E-state index in [-0.39, 0.29) is 0 Å². The van der Waals surface area contributed by atoms with Crippen molar-refractivity contribution in [2.45, 2.75) is 50.6 Å².